The van der Waals surface area contributed by atoms with Crippen LogP contribution in [0.2, 0.25) is 0 Å². The second-order valence-electron chi connectivity index (χ2n) is 4.54. The van der Waals surface area contributed by atoms with Gasteiger partial charge in [-0.3, -0.25) is 4.79 Å². The maximum Gasteiger partial charge on any atom is 0.261 e. The minimum atomic E-state index is -0.504. The van der Waals surface area contributed by atoms with Crippen LogP contribution in [0.15, 0.2) is 42.5 Å². The molecule has 2 aromatic carbocycles. The van der Waals surface area contributed by atoms with Crippen molar-refractivity contribution in [1.29, 1.82) is 0 Å². The lowest BCUT2D eigenvalue weighted by Gasteiger charge is -2.19. The quantitative estimate of drug-likeness (QED) is 0.797. The van der Waals surface area contributed by atoms with Crippen molar-refractivity contribution < 1.29 is 9.18 Å². The fraction of sp³-hybridized carbons (Fsp3) is 0.133. The third kappa shape index (κ3) is 1.85. The number of fused-ring (bicyclic) bond motifs is 1. The van der Waals surface area contributed by atoms with Crippen LogP contribution in [0.4, 0.5) is 15.8 Å². The maximum absolute atomic E-state index is 13.7. The molecule has 0 unspecified atom stereocenters. The molecule has 0 saturated heterocycles. The van der Waals surface area contributed by atoms with E-state index < -0.39 is 5.82 Å². The normalized spacial score (nSPS) is 13.4. The molecule has 0 atom stereocenters. The van der Waals surface area contributed by atoms with Crippen molar-refractivity contribution >= 4 is 17.3 Å². The molecule has 96 valence electrons. The molecule has 4 heteroatoms. The van der Waals surface area contributed by atoms with Gasteiger partial charge in [0.25, 0.3) is 5.91 Å². The highest BCUT2D eigenvalue weighted by Gasteiger charge is 2.28. The second-order valence-corrected chi connectivity index (χ2v) is 4.54. The lowest BCUT2D eigenvalue weighted by molar-refractivity contribution is 0.0985. The predicted octanol–water partition coefficient (Wildman–Crippen LogP) is 2.61. The number of amides is 1. The van der Waals surface area contributed by atoms with E-state index in [9.17, 15) is 9.18 Å². The molecule has 1 heterocycles. The topological polar surface area (TPSA) is 46.3 Å². The number of rotatable bonds is 1. The number of carbonyl (C=O) groups is 1. The van der Waals surface area contributed by atoms with Gasteiger partial charge in [-0.1, -0.05) is 24.3 Å². The van der Waals surface area contributed by atoms with Gasteiger partial charge in [-0.05, 0) is 30.2 Å². The van der Waals surface area contributed by atoms with E-state index in [0.29, 0.717) is 12.2 Å². The van der Waals surface area contributed by atoms with Crippen LogP contribution < -0.4 is 10.6 Å². The Hall–Kier alpha value is -2.36. The van der Waals surface area contributed by atoms with E-state index in [4.69, 9.17) is 5.73 Å². The lowest BCUT2D eigenvalue weighted by Crippen LogP contribution is -2.30. The Bertz CT molecular complexity index is 654. The van der Waals surface area contributed by atoms with Crippen LogP contribution in [0.1, 0.15) is 15.9 Å². The number of para-hydroxylation sites is 1. The molecule has 19 heavy (non-hydrogen) atoms. The third-order valence-corrected chi connectivity index (χ3v) is 3.37. The van der Waals surface area contributed by atoms with E-state index in [2.05, 4.69) is 0 Å². The van der Waals surface area contributed by atoms with Crippen molar-refractivity contribution in [1.82, 2.24) is 0 Å². The fourth-order valence-corrected chi connectivity index (χ4v) is 2.47. The molecule has 1 aliphatic heterocycles. The number of nitrogens with two attached hydrogens (primary N) is 1. The Morgan fingerprint density at radius 1 is 1.16 bits per heavy atom. The molecule has 3 rings (SSSR count). The molecule has 2 N–H and O–H groups in total. The van der Waals surface area contributed by atoms with Crippen LogP contribution >= 0.6 is 0 Å². The van der Waals surface area contributed by atoms with E-state index >= 15 is 0 Å². The summed E-state index contributed by atoms with van der Waals surface area (Å²) < 4.78 is 13.7. The smallest absolute Gasteiger partial charge is 0.261 e. The van der Waals surface area contributed by atoms with E-state index in [1.54, 1.807) is 23.1 Å². The van der Waals surface area contributed by atoms with Crippen LogP contribution in [-0.2, 0) is 6.42 Å². The number of carbonyl (C=O) groups excluding carboxylic acids is 1. The average molecular weight is 256 g/mol. The van der Waals surface area contributed by atoms with Gasteiger partial charge in [0.2, 0.25) is 0 Å². The molecule has 2 aromatic rings. The molecule has 0 radical (unpaired) electrons. The number of nitrogen functional groups attached to an aromatic ring is 1. The van der Waals surface area contributed by atoms with Crippen molar-refractivity contribution in [2.45, 2.75) is 6.42 Å². The molecular weight excluding hydrogens is 243 g/mol. The van der Waals surface area contributed by atoms with Gasteiger partial charge in [0.15, 0.2) is 0 Å². The number of anilines is 2. The number of halogens is 1. The minimum Gasteiger partial charge on any atom is -0.397 e. The van der Waals surface area contributed by atoms with Gasteiger partial charge in [-0.2, -0.15) is 0 Å². The summed E-state index contributed by atoms with van der Waals surface area (Å²) in [5, 5.41) is 0. The Kier molecular flexibility index (Phi) is 2.71. The Balaban J connectivity index is 2.03. The van der Waals surface area contributed by atoms with Gasteiger partial charge in [0.1, 0.15) is 5.82 Å². The van der Waals surface area contributed by atoms with Gasteiger partial charge in [0.05, 0.1) is 16.9 Å². The average Bonchev–Trinajstić information content (AvgIpc) is 2.84. The molecule has 0 aliphatic carbocycles. The highest BCUT2D eigenvalue weighted by molar-refractivity contribution is 6.09. The standard InChI is InChI=1S/C15H13FN2O/c16-12-6-2-1-5-11(12)15(19)18-9-8-10-4-3-7-13(17)14(10)18/h1-7H,8-9,17H2. The first kappa shape index (κ1) is 11.7. The lowest BCUT2D eigenvalue weighted by atomic mass is 10.1. The van der Waals surface area contributed by atoms with Crippen molar-refractivity contribution in [3.8, 4) is 0 Å². The van der Waals surface area contributed by atoms with Gasteiger partial charge in [0, 0.05) is 6.54 Å². The van der Waals surface area contributed by atoms with Gasteiger partial charge in [-0.25, -0.2) is 4.39 Å². The number of nitrogens with zero attached hydrogens (tertiary/aromatic N) is 1. The van der Waals surface area contributed by atoms with Gasteiger partial charge < -0.3 is 10.6 Å². The van der Waals surface area contributed by atoms with Crippen molar-refractivity contribution in [2.24, 2.45) is 0 Å². The maximum atomic E-state index is 13.7. The van der Waals surface area contributed by atoms with Crippen LogP contribution in [0.5, 0.6) is 0 Å². The summed E-state index contributed by atoms with van der Waals surface area (Å²) in [6, 6.07) is 11.6. The molecule has 1 aliphatic rings. The molecular formula is C15H13FN2O. The molecule has 0 bridgehead atoms. The molecule has 0 spiro atoms. The highest BCUT2D eigenvalue weighted by Crippen LogP contribution is 2.34. The van der Waals surface area contributed by atoms with Crippen LogP contribution in [0, 0.1) is 5.82 Å². The van der Waals surface area contributed by atoms with E-state index in [1.807, 2.05) is 12.1 Å². The molecule has 0 fully saturated rings. The van der Waals surface area contributed by atoms with Crippen LogP contribution in [-0.4, -0.2) is 12.5 Å². The zero-order chi connectivity index (χ0) is 13.4. The Morgan fingerprint density at radius 2 is 1.95 bits per heavy atom. The summed E-state index contributed by atoms with van der Waals surface area (Å²) in [6.07, 6.45) is 0.751. The zero-order valence-corrected chi connectivity index (χ0v) is 10.3. The summed E-state index contributed by atoms with van der Waals surface area (Å²) in [5.41, 5.74) is 8.32. The summed E-state index contributed by atoms with van der Waals surface area (Å²) >= 11 is 0. The predicted molar refractivity (Wildman–Crippen MR) is 72.6 cm³/mol. The van der Waals surface area contributed by atoms with E-state index in [1.165, 1.54) is 12.1 Å². The molecule has 1 amide bonds. The first-order valence-corrected chi connectivity index (χ1v) is 6.12. The third-order valence-electron chi connectivity index (χ3n) is 3.37. The second kappa shape index (κ2) is 4.39. The number of hydrogen-bond donors (Lipinski definition) is 1. The summed E-state index contributed by atoms with van der Waals surface area (Å²) in [7, 11) is 0. The van der Waals surface area contributed by atoms with Crippen molar-refractivity contribution in [3.63, 3.8) is 0 Å². The molecule has 0 saturated carbocycles. The number of hydrogen-bond acceptors (Lipinski definition) is 2. The SMILES string of the molecule is Nc1cccc2c1N(C(=O)c1ccccc1F)CC2. The molecule has 3 nitrogen and oxygen atoms in total. The van der Waals surface area contributed by atoms with E-state index in [-0.39, 0.29) is 11.5 Å². The Morgan fingerprint density at radius 3 is 2.74 bits per heavy atom. The minimum absolute atomic E-state index is 0.0820. The summed E-state index contributed by atoms with van der Waals surface area (Å²) in [5.74, 6) is -0.842. The van der Waals surface area contributed by atoms with Crippen molar-refractivity contribution in [3.05, 3.63) is 59.4 Å². The first-order valence-electron chi connectivity index (χ1n) is 6.12. The zero-order valence-electron chi connectivity index (χ0n) is 10.3. The van der Waals surface area contributed by atoms with E-state index in [0.717, 1.165) is 17.7 Å². The summed E-state index contributed by atoms with van der Waals surface area (Å²) in [6.45, 7) is 0.538. The monoisotopic (exact) mass is 256 g/mol. The van der Waals surface area contributed by atoms with Crippen LogP contribution in [0.25, 0.3) is 0 Å². The highest BCUT2D eigenvalue weighted by atomic mass is 19.1. The van der Waals surface area contributed by atoms with Gasteiger partial charge >= 0.3 is 0 Å². The molecule has 0 aromatic heterocycles. The summed E-state index contributed by atoms with van der Waals surface area (Å²) in [4.78, 5) is 14.0. The number of benzene rings is 2. The fourth-order valence-electron chi connectivity index (χ4n) is 2.47. The largest absolute Gasteiger partial charge is 0.397 e. The van der Waals surface area contributed by atoms with Crippen LogP contribution in [0.3, 0.4) is 0 Å². The van der Waals surface area contributed by atoms with Gasteiger partial charge in [-0.15, -0.1) is 0 Å². The first-order chi connectivity index (χ1) is 9.18. The Labute approximate surface area is 110 Å². The van der Waals surface area contributed by atoms with Crippen molar-refractivity contribution in [2.75, 3.05) is 17.2 Å².